The third kappa shape index (κ3) is 1.88. The van der Waals surface area contributed by atoms with Gasteiger partial charge in [-0.1, -0.05) is 11.3 Å². The highest BCUT2D eigenvalue weighted by atomic mass is 32.1. The minimum Gasteiger partial charge on any atom is -0.497 e. The van der Waals surface area contributed by atoms with E-state index >= 15 is 0 Å². The third-order valence-electron chi connectivity index (χ3n) is 4.51. The Morgan fingerprint density at radius 2 is 2.05 bits per heavy atom. The molecule has 106 valence electrons. The summed E-state index contributed by atoms with van der Waals surface area (Å²) in [5.41, 5.74) is 1.01. The number of hydrogen-bond donors (Lipinski definition) is 1. The molecule has 1 aromatic heterocycles. The van der Waals surface area contributed by atoms with E-state index in [-0.39, 0.29) is 6.10 Å². The second kappa shape index (κ2) is 4.60. The normalized spacial score (nSPS) is 29.1. The van der Waals surface area contributed by atoms with Crippen molar-refractivity contribution in [3.63, 3.8) is 0 Å². The molecule has 0 aliphatic carbocycles. The molecule has 0 saturated carbocycles. The van der Waals surface area contributed by atoms with E-state index in [1.54, 1.807) is 18.4 Å². The Bertz CT molecular complexity index is 628. The smallest absolute Gasteiger partial charge is 0.186 e. The Hall–Kier alpha value is -1.33. The molecule has 0 amide bonds. The maximum atomic E-state index is 9.90. The Morgan fingerprint density at radius 1 is 1.30 bits per heavy atom. The van der Waals surface area contributed by atoms with Crippen molar-refractivity contribution in [1.82, 2.24) is 4.98 Å². The van der Waals surface area contributed by atoms with Gasteiger partial charge in [0.05, 0.1) is 23.4 Å². The number of benzene rings is 1. The second-order valence-corrected chi connectivity index (χ2v) is 6.76. The highest BCUT2D eigenvalue weighted by Gasteiger charge is 2.41. The first-order chi connectivity index (χ1) is 9.74. The number of ether oxygens (including phenoxy) is 1. The summed E-state index contributed by atoms with van der Waals surface area (Å²) in [6.45, 7) is 0. The van der Waals surface area contributed by atoms with Gasteiger partial charge >= 0.3 is 0 Å². The second-order valence-electron chi connectivity index (χ2n) is 5.75. The molecular weight excluding hydrogens is 272 g/mol. The third-order valence-corrected chi connectivity index (χ3v) is 5.56. The van der Waals surface area contributed by atoms with Gasteiger partial charge in [-0.15, -0.1) is 0 Å². The van der Waals surface area contributed by atoms with E-state index in [1.807, 2.05) is 12.1 Å². The molecule has 3 heterocycles. The van der Waals surface area contributed by atoms with Crippen molar-refractivity contribution in [3.05, 3.63) is 18.2 Å². The van der Waals surface area contributed by atoms with Gasteiger partial charge in [0.1, 0.15) is 5.75 Å². The molecule has 0 radical (unpaired) electrons. The first kappa shape index (κ1) is 12.4. The van der Waals surface area contributed by atoms with Crippen LogP contribution in [0.4, 0.5) is 5.13 Å². The van der Waals surface area contributed by atoms with Crippen molar-refractivity contribution in [3.8, 4) is 5.75 Å². The van der Waals surface area contributed by atoms with Gasteiger partial charge < -0.3 is 14.7 Å². The van der Waals surface area contributed by atoms with E-state index in [2.05, 4.69) is 11.0 Å². The van der Waals surface area contributed by atoms with E-state index in [0.29, 0.717) is 12.1 Å². The maximum absolute atomic E-state index is 9.90. The number of anilines is 1. The number of aliphatic hydroxyl groups excluding tert-OH is 1. The Morgan fingerprint density at radius 3 is 2.75 bits per heavy atom. The molecule has 2 fully saturated rings. The van der Waals surface area contributed by atoms with Gasteiger partial charge in [-0.3, -0.25) is 0 Å². The van der Waals surface area contributed by atoms with E-state index in [4.69, 9.17) is 9.72 Å². The van der Waals surface area contributed by atoms with Crippen LogP contribution in [0.2, 0.25) is 0 Å². The Balaban J connectivity index is 1.72. The first-order valence-corrected chi connectivity index (χ1v) is 7.97. The summed E-state index contributed by atoms with van der Waals surface area (Å²) in [7, 11) is 1.68. The van der Waals surface area contributed by atoms with Crippen LogP contribution in [0.5, 0.6) is 5.75 Å². The lowest BCUT2D eigenvalue weighted by Crippen LogP contribution is -2.44. The van der Waals surface area contributed by atoms with Gasteiger partial charge in [-0.05, 0) is 37.8 Å². The van der Waals surface area contributed by atoms with Crippen molar-refractivity contribution >= 4 is 26.7 Å². The van der Waals surface area contributed by atoms with Crippen molar-refractivity contribution in [2.24, 2.45) is 0 Å². The number of fused-ring (bicyclic) bond motifs is 3. The summed E-state index contributed by atoms with van der Waals surface area (Å²) in [5, 5.41) is 11.0. The molecule has 0 spiro atoms. The topological polar surface area (TPSA) is 45.6 Å². The molecular formula is C15H18N2O2S. The fourth-order valence-corrected chi connectivity index (χ4v) is 4.68. The fraction of sp³-hybridized carbons (Fsp3) is 0.533. The fourth-order valence-electron chi connectivity index (χ4n) is 3.59. The predicted octanol–water partition coefficient (Wildman–Crippen LogP) is 2.80. The monoisotopic (exact) mass is 290 g/mol. The number of aliphatic hydroxyl groups is 1. The summed E-state index contributed by atoms with van der Waals surface area (Å²) >= 11 is 1.75. The summed E-state index contributed by atoms with van der Waals surface area (Å²) < 4.78 is 6.46. The van der Waals surface area contributed by atoms with E-state index in [9.17, 15) is 5.11 Å². The molecule has 20 heavy (non-hydrogen) atoms. The molecule has 2 aliphatic rings. The van der Waals surface area contributed by atoms with Crippen molar-refractivity contribution in [2.45, 2.75) is 43.9 Å². The number of piperidine rings is 1. The minimum atomic E-state index is -0.127. The van der Waals surface area contributed by atoms with Crippen LogP contribution in [-0.4, -0.2) is 35.4 Å². The van der Waals surface area contributed by atoms with Crippen LogP contribution < -0.4 is 9.64 Å². The molecule has 2 saturated heterocycles. The van der Waals surface area contributed by atoms with Crippen LogP contribution in [0.15, 0.2) is 18.2 Å². The summed E-state index contributed by atoms with van der Waals surface area (Å²) in [6, 6.07) is 6.99. The molecule has 2 atom stereocenters. The largest absolute Gasteiger partial charge is 0.497 e. The number of aromatic nitrogens is 1. The van der Waals surface area contributed by atoms with Crippen LogP contribution in [0.25, 0.3) is 10.2 Å². The first-order valence-electron chi connectivity index (χ1n) is 7.15. The molecule has 5 heteroatoms. The Labute approximate surface area is 122 Å². The lowest BCUT2D eigenvalue weighted by atomic mass is 10.0. The molecule has 4 rings (SSSR count). The molecule has 4 nitrogen and oxygen atoms in total. The van der Waals surface area contributed by atoms with Crippen molar-refractivity contribution < 1.29 is 9.84 Å². The SMILES string of the molecule is COc1ccc2sc(N3C4CCC3CC(O)C4)nc2c1. The van der Waals surface area contributed by atoms with E-state index < -0.39 is 0 Å². The zero-order valence-corrected chi connectivity index (χ0v) is 12.3. The number of methoxy groups -OCH3 is 1. The lowest BCUT2D eigenvalue weighted by Gasteiger charge is -2.36. The van der Waals surface area contributed by atoms with Gasteiger partial charge in [0.25, 0.3) is 0 Å². The minimum absolute atomic E-state index is 0.127. The van der Waals surface area contributed by atoms with Gasteiger partial charge in [0.2, 0.25) is 0 Å². The van der Waals surface area contributed by atoms with Crippen LogP contribution in [0.1, 0.15) is 25.7 Å². The van der Waals surface area contributed by atoms with Crippen LogP contribution in [-0.2, 0) is 0 Å². The number of nitrogens with zero attached hydrogens (tertiary/aromatic N) is 2. The number of rotatable bonds is 2. The molecule has 2 unspecified atom stereocenters. The van der Waals surface area contributed by atoms with Gasteiger partial charge in [-0.2, -0.15) is 0 Å². The zero-order chi connectivity index (χ0) is 13.7. The van der Waals surface area contributed by atoms with Gasteiger partial charge in [0.15, 0.2) is 5.13 Å². The average Bonchev–Trinajstić information content (AvgIpc) is 2.96. The number of thiazole rings is 1. The molecule has 2 bridgehead atoms. The zero-order valence-electron chi connectivity index (χ0n) is 11.5. The molecule has 1 N–H and O–H groups in total. The predicted molar refractivity (Wildman–Crippen MR) is 80.7 cm³/mol. The lowest BCUT2D eigenvalue weighted by molar-refractivity contribution is 0.126. The number of hydrogen-bond acceptors (Lipinski definition) is 5. The van der Waals surface area contributed by atoms with Crippen LogP contribution in [0.3, 0.4) is 0 Å². The average molecular weight is 290 g/mol. The summed E-state index contributed by atoms with van der Waals surface area (Å²) in [5.74, 6) is 0.853. The molecule has 2 aliphatic heterocycles. The van der Waals surface area contributed by atoms with Gasteiger partial charge in [0, 0.05) is 18.2 Å². The maximum Gasteiger partial charge on any atom is 0.186 e. The molecule has 1 aromatic carbocycles. The van der Waals surface area contributed by atoms with E-state index in [1.165, 1.54) is 17.5 Å². The van der Waals surface area contributed by atoms with Crippen molar-refractivity contribution in [1.29, 1.82) is 0 Å². The Kier molecular flexibility index (Phi) is 2.86. The summed E-state index contributed by atoms with van der Waals surface area (Å²) in [6.07, 6.45) is 4.01. The standard InChI is InChI=1S/C15H18N2O2S/c1-19-12-4-5-14-13(8-12)16-15(20-14)17-9-2-3-10(17)7-11(18)6-9/h4-5,8-11,18H,2-3,6-7H2,1H3. The molecule has 2 aromatic rings. The van der Waals surface area contributed by atoms with E-state index in [0.717, 1.165) is 29.2 Å². The highest BCUT2D eigenvalue weighted by molar-refractivity contribution is 7.22. The highest BCUT2D eigenvalue weighted by Crippen LogP contribution is 2.42. The van der Waals surface area contributed by atoms with Gasteiger partial charge in [-0.25, -0.2) is 4.98 Å². The quantitative estimate of drug-likeness (QED) is 0.924. The van der Waals surface area contributed by atoms with Crippen molar-refractivity contribution in [2.75, 3.05) is 12.0 Å². The van der Waals surface area contributed by atoms with Crippen LogP contribution >= 0.6 is 11.3 Å². The van der Waals surface area contributed by atoms with Crippen LogP contribution in [0, 0.1) is 0 Å². The summed E-state index contributed by atoms with van der Waals surface area (Å²) in [4.78, 5) is 7.24.